The monoisotopic (exact) mass is 333 g/mol. The fraction of sp³-hybridized carbons (Fsp3) is 0.769. The van der Waals surface area contributed by atoms with Gasteiger partial charge in [-0.3, -0.25) is 0 Å². The van der Waals surface area contributed by atoms with Crippen LogP contribution in [-0.4, -0.2) is 37.8 Å². The second-order valence-corrected chi connectivity index (χ2v) is 8.66. The van der Waals surface area contributed by atoms with Crippen molar-refractivity contribution < 1.29 is 13.2 Å². The lowest BCUT2D eigenvalue weighted by molar-refractivity contribution is 0.110. The maximum absolute atomic E-state index is 12.3. The van der Waals surface area contributed by atoms with E-state index in [1.54, 1.807) is 0 Å². The first-order valence-corrected chi connectivity index (χ1v) is 9.55. The van der Waals surface area contributed by atoms with E-state index >= 15 is 0 Å². The average Bonchev–Trinajstić information content (AvgIpc) is 3.18. The van der Waals surface area contributed by atoms with Crippen LogP contribution in [0.5, 0.6) is 0 Å². The minimum atomic E-state index is -3.31. The molecule has 0 unspecified atom stereocenters. The van der Waals surface area contributed by atoms with Crippen LogP contribution in [0.4, 0.5) is 10.8 Å². The Labute approximate surface area is 130 Å². The molecule has 0 amide bonds. The molecule has 1 aliphatic carbocycles. The Balaban J connectivity index is 1.87. The lowest BCUT2D eigenvalue weighted by atomic mass is 10.2. The van der Waals surface area contributed by atoms with Gasteiger partial charge in [-0.05, 0) is 36.7 Å². The third kappa shape index (κ3) is 4.31. The summed E-state index contributed by atoms with van der Waals surface area (Å²) in [5.74, 6) is 0.639. The molecule has 8 heteroatoms. The van der Waals surface area contributed by atoms with E-state index < -0.39 is 9.84 Å². The summed E-state index contributed by atoms with van der Waals surface area (Å²) in [6, 6.07) is 0. The number of rotatable bonds is 9. The lowest BCUT2D eigenvalue weighted by Crippen LogP contribution is -2.13. The van der Waals surface area contributed by atoms with Crippen LogP contribution in [0.2, 0.25) is 0 Å². The highest BCUT2D eigenvalue weighted by Gasteiger charge is 2.40. The van der Waals surface area contributed by atoms with E-state index in [0.717, 1.165) is 37.4 Å². The molecule has 1 aliphatic rings. The largest absolute Gasteiger partial charge is 0.382 e. The molecule has 0 radical (unpaired) electrons. The quantitative estimate of drug-likeness (QED) is 0.672. The minimum Gasteiger partial charge on any atom is -0.382 e. The highest BCUT2D eigenvalue weighted by atomic mass is 32.2. The van der Waals surface area contributed by atoms with Gasteiger partial charge in [-0.1, -0.05) is 13.8 Å². The minimum absolute atomic E-state index is 0.116. The van der Waals surface area contributed by atoms with E-state index in [1.807, 2.05) is 0 Å². The summed E-state index contributed by atoms with van der Waals surface area (Å²) in [5.41, 5.74) is 5.73. The molecule has 6 nitrogen and oxygen atoms in total. The summed E-state index contributed by atoms with van der Waals surface area (Å²) in [7, 11) is -3.31. The fourth-order valence-electron chi connectivity index (χ4n) is 1.92. The van der Waals surface area contributed by atoms with Crippen LogP contribution in [0.25, 0.3) is 0 Å². The van der Waals surface area contributed by atoms with Crippen molar-refractivity contribution in [2.75, 3.05) is 30.8 Å². The summed E-state index contributed by atoms with van der Waals surface area (Å²) < 4.78 is 34.1. The summed E-state index contributed by atoms with van der Waals surface area (Å²) >= 11 is 1.11. The number of nitrogens with two attached hydrogens (primary N) is 1. The van der Waals surface area contributed by atoms with Crippen molar-refractivity contribution >= 4 is 32.2 Å². The maximum Gasteiger partial charge on any atom is 0.187 e. The van der Waals surface area contributed by atoms with E-state index in [1.165, 1.54) is 0 Å². The number of anilines is 2. The molecule has 21 heavy (non-hydrogen) atoms. The van der Waals surface area contributed by atoms with E-state index in [0.29, 0.717) is 24.1 Å². The first-order chi connectivity index (χ1) is 9.93. The third-order valence-electron chi connectivity index (χ3n) is 3.12. The van der Waals surface area contributed by atoms with Gasteiger partial charge >= 0.3 is 0 Å². The Kier molecular flexibility index (Phi) is 5.45. The topological polar surface area (TPSA) is 94.3 Å². The second kappa shape index (κ2) is 6.93. The Morgan fingerprint density at radius 3 is 2.81 bits per heavy atom. The van der Waals surface area contributed by atoms with Gasteiger partial charge < -0.3 is 15.8 Å². The Bertz CT molecular complexity index is 565. The molecule has 0 spiro atoms. The van der Waals surface area contributed by atoms with E-state index in [9.17, 15) is 8.42 Å². The van der Waals surface area contributed by atoms with Crippen LogP contribution < -0.4 is 11.1 Å². The van der Waals surface area contributed by atoms with E-state index in [2.05, 4.69) is 23.5 Å². The van der Waals surface area contributed by atoms with Crippen molar-refractivity contribution in [3.63, 3.8) is 0 Å². The molecule has 120 valence electrons. The molecule has 0 saturated heterocycles. The number of nitrogen functional groups attached to an aromatic ring is 1. The lowest BCUT2D eigenvalue weighted by Gasteiger charge is -2.09. The van der Waals surface area contributed by atoms with Crippen molar-refractivity contribution in [3.05, 3.63) is 0 Å². The zero-order valence-electron chi connectivity index (χ0n) is 12.5. The zero-order chi connectivity index (χ0) is 15.5. The summed E-state index contributed by atoms with van der Waals surface area (Å²) in [6.07, 6.45) is 2.26. The molecule has 1 fully saturated rings. The van der Waals surface area contributed by atoms with Crippen molar-refractivity contribution in [1.29, 1.82) is 0 Å². The number of hydrogen-bond donors (Lipinski definition) is 2. The zero-order valence-corrected chi connectivity index (χ0v) is 14.1. The molecule has 1 heterocycles. The SMILES string of the molecule is CC(C)COCCCNc1snc(N)c1S(=O)(=O)C1CC1. The smallest absolute Gasteiger partial charge is 0.187 e. The highest BCUT2D eigenvalue weighted by molar-refractivity contribution is 7.92. The predicted octanol–water partition coefficient (Wildman–Crippen LogP) is 2.14. The first-order valence-electron chi connectivity index (χ1n) is 7.23. The van der Waals surface area contributed by atoms with Crippen molar-refractivity contribution in [3.8, 4) is 0 Å². The first kappa shape index (κ1) is 16.5. The van der Waals surface area contributed by atoms with Gasteiger partial charge in [0.15, 0.2) is 15.7 Å². The molecule has 2 rings (SSSR count). The standard InChI is InChI=1S/C13H23N3O3S2/c1-9(2)8-19-7-3-6-15-13-11(12(14)16-20-13)21(17,18)10-4-5-10/h9-10,15H,3-8H2,1-2H3,(H2,14,16). The van der Waals surface area contributed by atoms with Crippen LogP contribution in [0.15, 0.2) is 4.90 Å². The van der Waals surface area contributed by atoms with Crippen LogP contribution in [0.1, 0.15) is 33.1 Å². The Morgan fingerprint density at radius 1 is 1.48 bits per heavy atom. The Morgan fingerprint density at radius 2 is 2.19 bits per heavy atom. The number of nitrogens with zero attached hydrogens (tertiary/aromatic N) is 1. The normalized spacial score (nSPS) is 15.6. The molecular weight excluding hydrogens is 310 g/mol. The molecule has 0 aromatic carbocycles. The van der Waals surface area contributed by atoms with Crippen LogP contribution in [0, 0.1) is 5.92 Å². The van der Waals surface area contributed by atoms with Crippen LogP contribution >= 0.6 is 11.5 Å². The molecule has 0 bridgehead atoms. The van der Waals surface area contributed by atoms with Gasteiger partial charge in [0.2, 0.25) is 0 Å². The summed E-state index contributed by atoms with van der Waals surface area (Å²) in [4.78, 5) is 0.193. The van der Waals surface area contributed by atoms with Gasteiger partial charge in [0.25, 0.3) is 0 Å². The van der Waals surface area contributed by atoms with Crippen LogP contribution in [-0.2, 0) is 14.6 Å². The van der Waals surface area contributed by atoms with Gasteiger partial charge in [0.1, 0.15) is 9.90 Å². The van der Waals surface area contributed by atoms with Gasteiger partial charge in [-0.25, -0.2) is 8.42 Å². The fourth-order valence-corrected chi connectivity index (χ4v) is 4.83. The number of nitrogens with one attached hydrogen (secondary N) is 1. The molecule has 1 saturated carbocycles. The summed E-state index contributed by atoms with van der Waals surface area (Å²) in [6.45, 7) is 6.26. The van der Waals surface area contributed by atoms with Gasteiger partial charge in [0.05, 0.1) is 5.25 Å². The number of sulfone groups is 1. The third-order valence-corrected chi connectivity index (χ3v) is 6.40. The number of hydrogen-bond acceptors (Lipinski definition) is 7. The van der Waals surface area contributed by atoms with E-state index in [4.69, 9.17) is 10.5 Å². The molecule has 0 aliphatic heterocycles. The summed E-state index contributed by atoms with van der Waals surface area (Å²) in [5, 5.41) is 3.41. The molecular formula is C13H23N3O3S2. The molecule has 3 N–H and O–H groups in total. The van der Waals surface area contributed by atoms with E-state index in [-0.39, 0.29) is 16.0 Å². The molecule has 1 aromatic rings. The highest BCUT2D eigenvalue weighted by Crippen LogP contribution is 2.40. The molecule has 0 atom stereocenters. The maximum atomic E-state index is 12.3. The number of aromatic nitrogens is 1. The second-order valence-electron chi connectivity index (χ2n) is 5.72. The Hall–Kier alpha value is -0.860. The number of ether oxygens (including phenoxy) is 1. The van der Waals surface area contributed by atoms with Gasteiger partial charge in [-0.2, -0.15) is 4.37 Å². The predicted molar refractivity (Wildman–Crippen MR) is 85.5 cm³/mol. The average molecular weight is 333 g/mol. The van der Waals surface area contributed by atoms with Crippen molar-refractivity contribution in [2.45, 2.75) is 43.3 Å². The van der Waals surface area contributed by atoms with Crippen LogP contribution in [0.3, 0.4) is 0 Å². The van der Waals surface area contributed by atoms with Gasteiger partial charge in [-0.15, -0.1) is 0 Å². The van der Waals surface area contributed by atoms with Crippen molar-refractivity contribution in [2.24, 2.45) is 5.92 Å². The van der Waals surface area contributed by atoms with Crippen molar-refractivity contribution in [1.82, 2.24) is 4.37 Å². The van der Waals surface area contributed by atoms with Gasteiger partial charge in [0, 0.05) is 19.8 Å². The molecule has 1 aromatic heterocycles.